The second-order valence-corrected chi connectivity index (χ2v) is 6.80. The normalized spacial score (nSPS) is 41.4. The molecule has 19 heavy (non-hydrogen) atoms. The number of nitrogens with zero attached hydrogens (tertiary/aromatic N) is 1. The lowest BCUT2D eigenvalue weighted by molar-refractivity contribution is -0.0908. The number of hydrogen-bond donors (Lipinski definition) is 2. The first kappa shape index (κ1) is 15.2. The summed E-state index contributed by atoms with van der Waals surface area (Å²) in [5.41, 5.74) is 6.40. The van der Waals surface area contributed by atoms with Gasteiger partial charge in [-0.05, 0) is 37.6 Å². The predicted molar refractivity (Wildman–Crippen MR) is 77.0 cm³/mol. The molecule has 1 saturated carbocycles. The van der Waals surface area contributed by atoms with E-state index < -0.39 is 0 Å². The largest absolute Gasteiger partial charge is 0.394 e. The molecule has 4 nitrogen and oxygen atoms in total. The van der Waals surface area contributed by atoms with Crippen LogP contribution in [0.3, 0.4) is 0 Å². The number of nitrogens with two attached hydrogens (primary N) is 1. The Kier molecular flexibility index (Phi) is 5.23. The van der Waals surface area contributed by atoms with Crippen LogP contribution >= 0.6 is 0 Å². The maximum Gasteiger partial charge on any atom is 0.0933 e. The number of aliphatic hydroxyl groups excluding tert-OH is 1. The lowest BCUT2D eigenvalue weighted by Gasteiger charge is -2.46. The second kappa shape index (κ2) is 6.53. The maximum atomic E-state index is 9.28. The van der Waals surface area contributed by atoms with Crippen LogP contribution in [-0.4, -0.2) is 55.0 Å². The molecular formula is C15H30N2O2. The van der Waals surface area contributed by atoms with Crippen LogP contribution in [0.5, 0.6) is 0 Å². The zero-order chi connectivity index (χ0) is 13.9. The molecule has 3 N–H and O–H groups in total. The molecule has 1 heterocycles. The number of ether oxygens (including phenoxy) is 1. The number of aliphatic hydroxyl groups is 1. The van der Waals surface area contributed by atoms with Gasteiger partial charge in [0.05, 0.1) is 19.3 Å². The van der Waals surface area contributed by atoms with E-state index in [9.17, 15) is 5.11 Å². The lowest BCUT2D eigenvalue weighted by atomic mass is 9.70. The second-order valence-electron chi connectivity index (χ2n) is 6.80. The third-order valence-electron chi connectivity index (χ3n) is 5.14. The highest BCUT2D eigenvalue weighted by atomic mass is 16.5. The van der Waals surface area contributed by atoms with Crippen LogP contribution in [0.25, 0.3) is 0 Å². The maximum absolute atomic E-state index is 9.28. The summed E-state index contributed by atoms with van der Waals surface area (Å²) in [5, 5.41) is 9.28. The molecule has 0 bridgehead atoms. The van der Waals surface area contributed by atoms with Crippen LogP contribution in [0.1, 0.15) is 39.5 Å². The Hall–Kier alpha value is -0.160. The Morgan fingerprint density at radius 2 is 2.00 bits per heavy atom. The topological polar surface area (TPSA) is 58.7 Å². The summed E-state index contributed by atoms with van der Waals surface area (Å²) in [4.78, 5) is 2.48. The van der Waals surface area contributed by atoms with Crippen molar-refractivity contribution in [2.75, 3.05) is 32.8 Å². The van der Waals surface area contributed by atoms with Crippen LogP contribution in [0, 0.1) is 11.3 Å². The summed E-state index contributed by atoms with van der Waals surface area (Å²) >= 11 is 0. The zero-order valence-electron chi connectivity index (χ0n) is 12.5. The highest BCUT2D eigenvalue weighted by Crippen LogP contribution is 2.39. The quantitative estimate of drug-likeness (QED) is 0.806. The van der Waals surface area contributed by atoms with E-state index in [1.807, 2.05) is 0 Å². The van der Waals surface area contributed by atoms with Gasteiger partial charge in [-0.2, -0.15) is 0 Å². The molecule has 0 amide bonds. The fourth-order valence-electron chi connectivity index (χ4n) is 3.44. The zero-order valence-corrected chi connectivity index (χ0v) is 12.5. The van der Waals surface area contributed by atoms with E-state index in [1.54, 1.807) is 0 Å². The van der Waals surface area contributed by atoms with Crippen LogP contribution in [0.2, 0.25) is 0 Å². The minimum atomic E-state index is -0.0199. The van der Waals surface area contributed by atoms with Crippen molar-refractivity contribution in [1.29, 1.82) is 0 Å². The van der Waals surface area contributed by atoms with Crippen LogP contribution < -0.4 is 5.73 Å². The Balaban J connectivity index is 1.96. The summed E-state index contributed by atoms with van der Waals surface area (Å²) in [7, 11) is 0. The molecule has 0 aromatic rings. The van der Waals surface area contributed by atoms with Gasteiger partial charge in [-0.25, -0.2) is 0 Å². The average Bonchev–Trinajstić information content (AvgIpc) is 2.44. The minimum Gasteiger partial charge on any atom is -0.394 e. The molecule has 2 fully saturated rings. The third-order valence-corrected chi connectivity index (χ3v) is 5.14. The molecule has 112 valence electrons. The van der Waals surface area contributed by atoms with Crippen LogP contribution in [0.4, 0.5) is 0 Å². The smallest absolute Gasteiger partial charge is 0.0933 e. The van der Waals surface area contributed by atoms with Crippen molar-refractivity contribution < 1.29 is 9.84 Å². The van der Waals surface area contributed by atoms with Crippen molar-refractivity contribution in [3.63, 3.8) is 0 Å². The summed E-state index contributed by atoms with van der Waals surface area (Å²) in [6.07, 6.45) is 5.09. The number of rotatable bonds is 4. The molecule has 1 saturated heterocycles. The van der Waals surface area contributed by atoms with Gasteiger partial charge in [-0.1, -0.05) is 19.8 Å². The Morgan fingerprint density at radius 1 is 1.32 bits per heavy atom. The summed E-state index contributed by atoms with van der Waals surface area (Å²) in [6.45, 7) is 8.10. The van der Waals surface area contributed by atoms with Gasteiger partial charge in [0.1, 0.15) is 0 Å². The van der Waals surface area contributed by atoms with Crippen molar-refractivity contribution in [3.05, 3.63) is 0 Å². The van der Waals surface area contributed by atoms with E-state index in [0.29, 0.717) is 6.04 Å². The van der Waals surface area contributed by atoms with E-state index in [2.05, 4.69) is 18.7 Å². The Morgan fingerprint density at radius 3 is 2.58 bits per heavy atom. The van der Waals surface area contributed by atoms with Crippen LogP contribution in [-0.2, 0) is 4.74 Å². The summed E-state index contributed by atoms with van der Waals surface area (Å²) in [5.74, 6) is 0.854. The van der Waals surface area contributed by atoms with Gasteiger partial charge in [0.25, 0.3) is 0 Å². The third kappa shape index (κ3) is 3.69. The van der Waals surface area contributed by atoms with E-state index in [4.69, 9.17) is 10.5 Å². The van der Waals surface area contributed by atoms with Crippen molar-refractivity contribution in [2.45, 2.75) is 51.7 Å². The molecule has 0 aromatic heterocycles. The van der Waals surface area contributed by atoms with E-state index in [1.165, 1.54) is 25.7 Å². The highest BCUT2D eigenvalue weighted by Gasteiger charge is 2.37. The van der Waals surface area contributed by atoms with Crippen molar-refractivity contribution in [2.24, 2.45) is 17.1 Å². The van der Waals surface area contributed by atoms with E-state index >= 15 is 0 Å². The minimum absolute atomic E-state index is 0.0199. The molecule has 0 radical (unpaired) electrons. The van der Waals surface area contributed by atoms with Gasteiger partial charge in [0, 0.05) is 19.1 Å². The fraction of sp³-hybridized carbons (Fsp3) is 1.00. The van der Waals surface area contributed by atoms with Crippen molar-refractivity contribution in [1.82, 2.24) is 4.90 Å². The molecule has 1 aliphatic carbocycles. The molecule has 0 aromatic carbocycles. The van der Waals surface area contributed by atoms with Gasteiger partial charge in [-0.15, -0.1) is 0 Å². The highest BCUT2D eigenvalue weighted by molar-refractivity contribution is 4.91. The first-order valence-electron chi connectivity index (χ1n) is 7.75. The summed E-state index contributed by atoms with van der Waals surface area (Å²) < 4.78 is 5.62. The first-order valence-corrected chi connectivity index (χ1v) is 7.75. The molecular weight excluding hydrogens is 240 g/mol. The molecule has 0 spiro atoms. The lowest BCUT2D eigenvalue weighted by Crippen LogP contribution is -2.54. The number of morpholine rings is 1. The monoisotopic (exact) mass is 270 g/mol. The van der Waals surface area contributed by atoms with Gasteiger partial charge < -0.3 is 15.6 Å². The predicted octanol–water partition coefficient (Wildman–Crippen LogP) is 1.22. The Labute approximate surface area is 117 Å². The van der Waals surface area contributed by atoms with Gasteiger partial charge >= 0.3 is 0 Å². The van der Waals surface area contributed by atoms with Gasteiger partial charge in [-0.3, -0.25) is 4.90 Å². The number of hydrogen-bond acceptors (Lipinski definition) is 4. The molecule has 2 rings (SSSR count). The summed E-state index contributed by atoms with van der Waals surface area (Å²) in [6, 6.07) is 0.436. The molecule has 1 aliphatic heterocycles. The van der Waals surface area contributed by atoms with E-state index in [-0.39, 0.29) is 18.1 Å². The molecule has 2 unspecified atom stereocenters. The van der Waals surface area contributed by atoms with Crippen molar-refractivity contribution in [3.8, 4) is 0 Å². The Bertz CT molecular complexity index is 277. The molecule has 4 heteroatoms. The van der Waals surface area contributed by atoms with Crippen LogP contribution in [0.15, 0.2) is 0 Å². The average molecular weight is 270 g/mol. The molecule has 2 aliphatic rings. The standard InChI is InChI=1S/C15H30N2O2/c1-12-3-5-15(10-16,6-4-12)11-17-7-14(8-18)19-9-13(17)2/h12-14,18H,3-11,16H2,1-2H3. The fourth-order valence-corrected chi connectivity index (χ4v) is 3.44. The van der Waals surface area contributed by atoms with Gasteiger partial charge in [0.2, 0.25) is 0 Å². The van der Waals surface area contributed by atoms with Crippen molar-refractivity contribution >= 4 is 0 Å². The van der Waals surface area contributed by atoms with E-state index in [0.717, 1.165) is 32.2 Å². The first-order chi connectivity index (χ1) is 9.08. The SMILES string of the molecule is CC1CCC(CN)(CN2CC(CO)OCC2C)CC1. The van der Waals surface area contributed by atoms with Gasteiger partial charge in [0.15, 0.2) is 0 Å². The molecule has 2 atom stereocenters.